The predicted molar refractivity (Wildman–Crippen MR) is 134 cm³/mol. The first-order chi connectivity index (χ1) is 16.7. The van der Waals surface area contributed by atoms with Crippen molar-refractivity contribution in [3.8, 4) is 0 Å². The fourth-order valence-electron chi connectivity index (χ4n) is 4.30. The molecular formula is C27H21N2NaO5S. The van der Waals surface area contributed by atoms with Crippen molar-refractivity contribution in [3.05, 3.63) is 118 Å². The van der Waals surface area contributed by atoms with Crippen LogP contribution in [0.2, 0.25) is 0 Å². The SMILES string of the molecule is Nc1c(S(=O)(=O)O)cc(Nc2ccc(Cc3ccccc3)cc2)c2c1C(=O)c1ccccc1C2=O.[H-].[Na+]. The van der Waals surface area contributed by atoms with E-state index < -0.39 is 32.3 Å². The van der Waals surface area contributed by atoms with E-state index in [1.54, 1.807) is 24.3 Å². The second-order valence-corrected chi connectivity index (χ2v) is 9.64. The van der Waals surface area contributed by atoms with Gasteiger partial charge in [-0.1, -0.05) is 66.7 Å². The first-order valence-corrected chi connectivity index (χ1v) is 12.2. The van der Waals surface area contributed by atoms with Crippen molar-refractivity contribution in [1.82, 2.24) is 0 Å². The number of anilines is 3. The first kappa shape index (κ1) is 25.8. The summed E-state index contributed by atoms with van der Waals surface area (Å²) < 4.78 is 33.8. The van der Waals surface area contributed by atoms with Gasteiger partial charge in [0.25, 0.3) is 10.1 Å². The number of hydrogen-bond acceptors (Lipinski definition) is 6. The Morgan fingerprint density at radius 1 is 0.778 bits per heavy atom. The van der Waals surface area contributed by atoms with Crippen LogP contribution < -0.4 is 40.6 Å². The minimum atomic E-state index is -4.77. The van der Waals surface area contributed by atoms with Gasteiger partial charge < -0.3 is 12.5 Å². The molecule has 4 N–H and O–H groups in total. The summed E-state index contributed by atoms with van der Waals surface area (Å²) in [5.74, 6) is -1.05. The summed E-state index contributed by atoms with van der Waals surface area (Å²) in [6.07, 6.45) is 0.731. The molecule has 36 heavy (non-hydrogen) atoms. The van der Waals surface area contributed by atoms with E-state index in [0.29, 0.717) is 5.69 Å². The number of ketones is 2. The van der Waals surface area contributed by atoms with Crippen molar-refractivity contribution >= 4 is 38.7 Å². The van der Waals surface area contributed by atoms with Crippen LogP contribution in [0.4, 0.5) is 17.1 Å². The van der Waals surface area contributed by atoms with Gasteiger partial charge in [0.1, 0.15) is 4.90 Å². The van der Waals surface area contributed by atoms with Crippen molar-refractivity contribution in [1.29, 1.82) is 0 Å². The molecule has 0 radical (unpaired) electrons. The second kappa shape index (κ2) is 10.0. The number of nitrogens with two attached hydrogens (primary N) is 1. The molecular weight excluding hydrogens is 487 g/mol. The number of rotatable bonds is 5. The fraction of sp³-hybridized carbons (Fsp3) is 0.0370. The molecule has 1 aliphatic rings. The van der Waals surface area contributed by atoms with Gasteiger partial charge in [-0.2, -0.15) is 8.42 Å². The van der Waals surface area contributed by atoms with Gasteiger partial charge in [-0.3, -0.25) is 14.1 Å². The van der Waals surface area contributed by atoms with E-state index >= 15 is 0 Å². The van der Waals surface area contributed by atoms with E-state index in [-0.39, 0.29) is 58.9 Å². The van der Waals surface area contributed by atoms with Gasteiger partial charge in [-0.25, -0.2) is 0 Å². The Bertz CT molecular complexity index is 1610. The summed E-state index contributed by atoms with van der Waals surface area (Å²) in [5, 5.41) is 3.04. The molecule has 0 atom stereocenters. The van der Waals surface area contributed by atoms with Crippen molar-refractivity contribution in [2.75, 3.05) is 11.1 Å². The Morgan fingerprint density at radius 2 is 1.31 bits per heavy atom. The average Bonchev–Trinajstić information content (AvgIpc) is 2.84. The van der Waals surface area contributed by atoms with Gasteiger partial charge in [0.2, 0.25) is 0 Å². The third-order valence-electron chi connectivity index (χ3n) is 5.96. The molecule has 0 fully saturated rings. The fourth-order valence-corrected chi connectivity index (χ4v) is 4.95. The molecule has 5 rings (SSSR count). The van der Waals surface area contributed by atoms with Gasteiger partial charge in [0, 0.05) is 16.8 Å². The number of benzene rings is 4. The largest absolute Gasteiger partial charge is 1.00 e. The minimum absolute atomic E-state index is 0. The Balaban J connectivity index is 0.00000190. The maximum atomic E-state index is 13.4. The van der Waals surface area contributed by atoms with Crippen LogP contribution in [-0.4, -0.2) is 24.5 Å². The maximum Gasteiger partial charge on any atom is 1.00 e. The summed E-state index contributed by atoms with van der Waals surface area (Å²) in [4.78, 5) is 26.0. The summed E-state index contributed by atoms with van der Waals surface area (Å²) in [6.45, 7) is 0. The molecule has 0 unspecified atom stereocenters. The van der Waals surface area contributed by atoms with Gasteiger partial charge in [-0.15, -0.1) is 0 Å². The molecule has 0 spiro atoms. The normalized spacial score (nSPS) is 12.4. The molecule has 4 aromatic rings. The zero-order chi connectivity index (χ0) is 24.7. The second-order valence-electron chi connectivity index (χ2n) is 8.25. The number of carbonyl (C=O) groups excluding carboxylic acids is 2. The van der Waals surface area contributed by atoms with Gasteiger partial charge in [-0.05, 0) is 35.7 Å². The molecule has 0 aliphatic heterocycles. The van der Waals surface area contributed by atoms with Crippen LogP contribution in [-0.2, 0) is 16.5 Å². The number of fused-ring (bicyclic) bond motifs is 2. The maximum absolute atomic E-state index is 13.4. The van der Waals surface area contributed by atoms with Crippen LogP contribution in [0.25, 0.3) is 0 Å². The van der Waals surface area contributed by atoms with Crippen LogP contribution in [0.15, 0.2) is 89.8 Å². The summed E-state index contributed by atoms with van der Waals surface area (Å²) in [6, 6.07) is 24.7. The molecule has 4 aromatic carbocycles. The topological polar surface area (TPSA) is 127 Å². The van der Waals surface area contributed by atoms with Crippen molar-refractivity contribution in [2.45, 2.75) is 11.3 Å². The molecule has 0 heterocycles. The van der Waals surface area contributed by atoms with Crippen LogP contribution in [0.1, 0.15) is 44.4 Å². The first-order valence-electron chi connectivity index (χ1n) is 10.8. The summed E-state index contributed by atoms with van der Waals surface area (Å²) in [7, 11) is -4.77. The summed E-state index contributed by atoms with van der Waals surface area (Å²) >= 11 is 0. The third-order valence-corrected chi connectivity index (χ3v) is 6.86. The van der Waals surface area contributed by atoms with Crippen molar-refractivity contribution < 1.29 is 53.5 Å². The van der Waals surface area contributed by atoms with Gasteiger partial charge in [0.15, 0.2) is 11.6 Å². The molecule has 0 aromatic heterocycles. The van der Waals surface area contributed by atoms with E-state index in [1.165, 1.54) is 12.1 Å². The van der Waals surface area contributed by atoms with Crippen LogP contribution in [0.5, 0.6) is 0 Å². The number of carbonyl (C=O) groups is 2. The predicted octanol–water partition coefficient (Wildman–Crippen LogP) is 1.74. The zero-order valence-corrected chi connectivity index (χ0v) is 22.2. The standard InChI is InChI=1S/C27H20N2O5S.Na.H/c28-25-22(35(32,33)34)15-21(23-24(25)27(31)20-9-5-4-8-19(20)26(23)30)29-18-12-10-17(11-13-18)14-16-6-2-1-3-7-16;;/h1-13,15,29H,14,28H2,(H,32,33,34);;/q;+1;-1. The van der Waals surface area contributed by atoms with E-state index in [4.69, 9.17) is 5.73 Å². The van der Waals surface area contributed by atoms with Crippen LogP contribution >= 0.6 is 0 Å². The Hall–Kier alpha value is -3.27. The average molecular weight is 509 g/mol. The zero-order valence-electron chi connectivity index (χ0n) is 20.4. The quantitative estimate of drug-likeness (QED) is 0.188. The van der Waals surface area contributed by atoms with E-state index in [1.807, 2.05) is 42.5 Å². The van der Waals surface area contributed by atoms with Crippen LogP contribution in [0, 0.1) is 0 Å². The van der Waals surface area contributed by atoms with E-state index in [9.17, 15) is 22.6 Å². The van der Waals surface area contributed by atoms with Gasteiger partial charge >= 0.3 is 29.6 Å². The molecule has 0 saturated carbocycles. The van der Waals surface area contributed by atoms with Crippen molar-refractivity contribution in [2.24, 2.45) is 0 Å². The number of nitrogens with one attached hydrogen (secondary N) is 1. The van der Waals surface area contributed by atoms with E-state index in [0.717, 1.165) is 23.6 Å². The number of hydrogen-bond donors (Lipinski definition) is 3. The van der Waals surface area contributed by atoms with E-state index in [2.05, 4.69) is 5.32 Å². The monoisotopic (exact) mass is 508 g/mol. The Morgan fingerprint density at radius 3 is 1.89 bits per heavy atom. The third kappa shape index (κ3) is 4.74. The Labute approximate surface area is 231 Å². The van der Waals surface area contributed by atoms with Crippen molar-refractivity contribution in [3.63, 3.8) is 0 Å². The molecule has 176 valence electrons. The summed E-state index contributed by atoms with van der Waals surface area (Å²) in [5.41, 5.74) is 8.44. The molecule has 9 heteroatoms. The van der Waals surface area contributed by atoms with Gasteiger partial charge in [0.05, 0.1) is 22.5 Å². The molecule has 0 amide bonds. The molecule has 0 bridgehead atoms. The number of nitrogen functional groups attached to an aromatic ring is 1. The molecule has 1 aliphatic carbocycles. The molecule has 0 saturated heterocycles. The minimum Gasteiger partial charge on any atom is -1.00 e. The molecule has 7 nitrogen and oxygen atoms in total. The Kier molecular flexibility index (Phi) is 7.17. The van der Waals surface area contributed by atoms with Crippen LogP contribution in [0.3, 0.4) is 0 Å². The smallest absolute Gasteiger partial charge is 1.00 e.